The summed E-state index contributed by atoms with van der Waals surface area (Å²) in [4.78, 5) is 42.8. The van der Waals surface area contributed by atoms with Gasteiger partial charge in [0, 0.05) is 31.2 Å². The number of likely N-dealkylation sites (tertiary alicyclic amines) is 1. The third-order valence-electron chi connectivity index (χ3n) is 5.20. The highest BCUT2D eigenvalue weighted by molar-refractivity contribution is 5.96. The van der Waals surface area contributed by atoms with Gasteiger partial charge in [-0.3, -0.25) is 19.8 Å². The highest BCUT2D eigenvalue weighted by atomic mass is 16.6. The van der Waals surface area contributed by atoms with Crippen molar-refractivity contribution in [2.24, 2.45) is 17.8 Å². The summed E-state index contributed by atoms with van der Waals surface area (Å²) in [6.07, 6.45) is 2.96. The Morgan fingerprint density at radius 3 is 2.36 bits per heavy atom. The van der Waals surface area contributed by atoms with E-state index in [9.17, 15) is 14.4 Å². The van der Waals surface area contributed by atoms with Gasteiger partial charge in [-0.1, -0.05) is 13.8 Å². The van der Waals surface area contributed by atoms with Crippen molar-refractivity contribution >= 4 is 23.6 Å². The number of anilines is 1. The van der Waals surface area contributed by atoms with Crippen LogP contribution in [-0.4, -0.2) is 52.7 Å². The van der Waals surface area contributed by atoms with Crippen LogP contribution in [0, 0.1) is 17.8 Å². The number of piperidine rings is 1. The average Bonchev–Trinajstić information content (AvgIpc) is 2.83. The first-order valence-electron chi connectivity index (χ1n) is 10.7. The Bertz CT molecular complexity index is 951. The van der Waals surface area contributed by atoms with Gasteiger partial charge in [0.1, 0.15) is 11.5 Å². The van der Waals surface area contributed by atoms with Gasteiger partial charge < -0.3 is 19.7 Å². The van der Waals surface area contributed by atoms with E-state index in [0.29, 0.717) is 17.2 Å². The standard InChI is InChI=1S/C23H28N4O6/c1-15(2)14-32-23(30)27-12-9-19(20(13-27)22(29)26-31)21(28)25-16-3-5-17(6-4-16)33-18-7-10-24-11-8-18/h3-8,10-11,15,19-20,31H,9,12-14H2,1-2H3,(H,25,28)(H,26,29)/t19-,20-/m0/s1. The van der Waals surface area contributed by atoms with E-state index >= 15 is 0 Å². The predicted molar refractivity (Wildman–Crippen MR) is 119 cm³/mol. The van der Waals surface area contributed by atoms with E-state index in [4.69, 9.17) is 14.7 Å². The SMILES string of the molecule is CC(C)COC(=O)N1CC[C@H](C(=O)Nc2ccc(Oc3ccncc3)cc2)[C@@H](C(=O)NO)C1. The third-order valence-corrected chi connectivity index (χ3v) is 5.20. The number of nitrogens with zero attached hydrogens (tertiary/aromatic N) is 2. The summed E-state index contributed by atoms with van der Waals surface area (Å²) in [5, 5.41) is 11.9. The van der Waals surface area contributed by atoms with Crippen LogP contribution in [-0.2, 0) is 14.3 Å². The monoisotopic (exact) mass is 456 g/mol. The molecule has 1 aliphatic heterocycles. The normalized spacial score (nSPS) is 17.9. The molecule has 0 unspecified atom stereocenters. The van der Waals surface area contributed by atoms with Gasteiger partial charge in [-0.05, 0) is 48.7 Å². The van der Waals surface area contributed by atoms with Crippen LogP contribution in [0.3, 0.4) is 0 Å². The van der Waals surface area contributed by atoms with E-state index in [1.807, 2.05) is 13.8 Å². The highest BCUT2D eigenvalue weighted by Gasteiger charge is 2.40. The number of hydrogen-bond donors (Lipinski definition) is 3. The van der Waals surface area contributed by atoms with Crippen molar-refractivity contribution < 1.29 is 29.1 Å². The second-order valence-corrected chi connectivity index (χ2v) is 8.19. The van der Waals surface area contributed by atoms with Crippen molar-refractivity contribution in [3.63, 3.8) is 0 Å². The van der Waals surface area contributed by atoms with Gasteiger partial charge in [0.25, 0.3) is 0 Å². The summed E-state index contributed by atoms with van der Waals surface area (Å²) < 4.78 is 10.9. The van der Waals surface area contributed by atoms with Gasteiger partial charge in [0.05, 0.1) is 18.4 Å². The molecule has 1 saturated heterocycles. The molecule has 0 spiro atoms. The minimum atomic E-state index is -0.912. The number of carbonyl (C=O) groups is 3. The van der Waals surface area contributed by atoms with E-state index in [1.165, 1.54) is 4.90 Å². The zero-order valence-electron chi connectivity index (χ0n) is 18.6. The molecule has 0 radical (unpaired) electrons. The number of hydroxylamine groups is 1. The molecule has 3 rings (SSSR count). The average molecular weight is 456 g/mol. The molecular weight excluding hydrogens is 428 g/mol. The van der Waals surface area contributed by atoms with Gasteiger partial charge in [-0.15, -0.1) is 0 Å². The molecule has 0 bridgehead atoms. The van der Waals surface area contributed by atoms with E-state index in [-0.39, 0.29) is 37.9 Å². The van der Waals surface area contributed by atoms with Crippen LogP contribution in [0.5, 0.6) is 11.5 Å². The van der Waals surface area contributed by atoms with Crippen molar-refractivity contribution in [3.8, 4) is 11.5 Å². The Kier molecular flexibility index (Phi) is 8.20. The van der Waals surface area contributed by atoms with Crippen LogP contribution in [0.2, 0.25) is 0 Å². The highest BCUT2D eigenvalue weighted by Crippen LogP contribution is 2.27. The first-order chi connectivity index (χ1) is 15.9. The lowest BCUT2D eigenvalue weighted by molar-refractivity contribution is -0.141. The molecule has 3 amide bonds. The van der Waals surface area contributed by atoms with E-state index < -0.39 is 23.8 Å². The molecule has 1 fully saturated rings. The number of benzene rings is 1. The summed E-state index contributed by atoms with van der Waals surface area (Å²) in [5.41, 5.74) is 2.14. The molecular formula is C23H28N4O6. The molecule has 1 aliphatic rings. The quantitative estimate of drug-likeness (QED) is 0.431. The van der Waals surface area contributed by atoms with E-state index in [0.717, 1.165) is 0 Å². The topological polar surface area (TPSA) is 130 Å². The molecule has 176 valence electrons. The molecule has 2 heterocycles. The molecule has 1 aromatic carbocycles. The Labute approximate surface area is 191 Å². The molecule has 1 aromatic heterocycles. The number of hydrogen-bond acceptors (Lipinski definition) is 7. The van der Waals surface area contributed by atoms with Gasteiger partial charge in [0.15, 0.2) is 0 Å². The van der Waals surface area contributed by atoms with Crippen LogP contribution < -0.4 is 15.5 Å². The largest absolute Gasteiger partial charge is 0.457 e. The maximum absolute atomic E-state index is 12.9. The summed E-state index contributed by atoms with van der Waals surface area (Å²) in [6, 6.07) is 10.3. The van der Waals surface area contributed by atoms with Crippen molar-refractivity contribution in [3.05, 3.63) is 48.8 Å². The molecule has 2 atom stereocenters. The molecule has 33 heavy (non-hydrogen) atoms. The summed E-state index contributed by atoms with van der Waals surface area (Å²) >= 11 is 0. The van der Waals surface area contributed by atoms with E-state index in [1.54, 1.807) is 54.3 Å². The fourth-order valence-corrected chi connectivity index (χ4v) is 3.49. The molecule has 10 nitrogen and oxygen atoms in total. The Morgan fingerprint density at radius 1 is 1.06 bits per heavy atom. The summed E-state index contributed by atoms with van der Waals surface area (Å²) in [5.74, 6) is -1.33. The number of rotatable bonds is 7. The fraction of sp³-hybridized carbons (Fsp3) is 0.391. The van der Waals surface area contributed by atoms with Crippen LogP contribution in [0.4, 0.5) is 10.5 Å². The van der Waals surface area contributed by atoms with Crippen LogP contribution >= 0.6 is 0 Å². The molecule has 0 aliphatic carbocycles. The number of aromatic nitrogens is 1. The number of ether oxygens (including phenoxy) is 2. The number of nitrogens with one attached hydrogen (secondary N) is 2. The summed E-state index contributed by atoms with van der Waals surface area (Å²) in [7, 11) is 0. The van der Waals surface area contributed by atoms with Gasteiger partial charge in [0.2, 0.25) is 11.8 Å². The zero-order valence-corrected chi connectivity index (χ0v) is 18.6. The zero-order chi connectivity index (χ0) is 23.8. The molecule has 2 aromatic rings. The maximum Gasteiger partial charge on any atom is 0.409 e. The lowest BCUT2D eigenvalue weighted by Crippen LogP contribution is -2.52. The lowest BCUT2D eigenvalue weighted by Gasteiger charge is -2.36. The molecule has 3 N–H and O–H groups in total. The number of pyridine rings is 1. The number of carbonyl (C=O) groups excluding carboxylic acids is 3. The van der Waals surface area contributed by atoms with Crippen molar-refractivity contribution in [1.29, 1.82) is 0 Å². The van der Waals surface area contributed by atoms with Crippen molar-refractivity contribution in [2.45, 2.75) is 20.3 Å². The molecule has 0 saturated carbocycles. The second kappa shape index (κ2) is 11.3. The predicted octanol–water partition coefficient (Wildman–Crippen LogP) is 3.05. The third kappa shape index (κ3) is 6.66. The molecule has 10 heteroatoms. The minimum absolute atomic E-state index is 0.0277. The Balaban J connectivity index is 1.62. The van der Waals surface area contributed by atoms with Crippen LogP contribution in [0.15, 0.2) is 48.8 Å². The summed E-state index contributed by atoms with van der Waals surface area (Å²) in [6.45, 7) is 4.34. The minimum Gasteiger partial charge on any atom is -0.457 e. The first kappa shape index (κ1) is 24.0. The Morgan fingerprint density at radius 2 is 1.73 bits per heavy atom. The van der Waals surface area contributed by atoms with E-state index in [2.05, 4.69) is 10.3 Å². The fourth-order valence-electron chi connectivity index (χ4n) is 3.49. The second-order valence-electron chi connectivity index (χ2n) is 8.19. The van der Waals surface area contributed by atoms with Crippen molar-refractivity contribution in [1.82, 2.24) is 15.4 Å². The maximum atomic E-state index is 12.9. The van der Waals surface area contributed by atoms with Gasteiger partial charge >= 0.3 is 6.09 Å². The first-order valence-corrected chi connectivity index (χ1v) is 10.7. The number of amides is 3. The lowest BCUT2D eigenvalue weighted by atomic mass is 9.84. The van der Waals surface area contributed by atoms with Crippen LogP contribution in [0.1, 0.15) is 20.3 Å². The van der Waals surface area contributed by atoms with Gasteiger partial charge in [-0.2, -0.15) is 0 Å². The van der Waals surface area contributed by atoms with Crippen LogP contribution in [0.25, 0.3) is 0 Å². The smallest absolute Gasteiger partial charge is 0.409 e. The van der Waals surface area contributed by atoms with Crippen molar-refractivity contribution in [2.75, 3.05) is 25.0 Å². The van der Waals surface area contributed by atoms with Gasteiger partial charge in [-0.25, -0.2) is 10.3 Å². The Hall–Kier alpha value is -3.66.